The average Bonchev–Trinajstić information content (AvgIpc) is 3.24. The quantitative estimate of drug-likeness (QED) is 0.544. The van der Waals surface area contributed by atoms with Crippen LogP contribution in [0.2, 0.25) is 0 Å². The summed E-state index contributed by atoms with van der Waals surface area (Å²) < 4.78 is 18.5. The Bertz CT molecular complexity index is 1020. The van der Waals surface area contributed by atoms with E-state index in [2.05, 4.69) is 10.1 Å². The van der Waals surface area contributed by atoms with Gasteiger partial charge in [0.25, 0.3) is 0 Å². The van der Waals surface area contributed by atoms with Crippen LogP contribution in [-0.2, 0) is 0 Å². The molecule has 1 aromatic carbocycles. The van der Waals surface area contributed by atoms with Crippen molar-refractivity contribution in [2.24, 2.45) is 5.73 Å². The van der Waals surface area contributed by atoms with E-state index in [-0.39, 0.29) is 0 Å². The second-order valence-corrected chi connectivity index (χ2v) is 5.59. The van der Waals surface area contributed by atoms with Crippen LogP contribution >= 0.6 is 0 Å². The van der Waals surface area contributed by atoms with Gasteiger partial charge in [0, 0.05) is 17.5 Å². The lowest BCUT2D eigenvalue weighted by atomic mass is 10.2. The molecule has 4 rings (SSSR count). The number of benzene rings is 1. The standard InChI is InChI=1S/C18H18N4O3/c1-23-13-4-3-12-9-16(25-15(12)10-13)14-11-20-17-5-6-18(21-22(14)17)24-8-2-7-19/h3-6,9-11H,2,7-8,19H2,1H3. The summed E-state index contributed by atoms with van der Waals surface area (Å²) >= 11 is 0. The van der Waals surface area contributed by atoms with E-state index >= 15 is 0 Å². The lowest BCUT2D eigenvalue weighted by molar-refractivity contribution is 0.297. The molecule has 0 saturated heterocycles. The number of fused-ring (bicyclic) bond motifs is 2. The van der Waals surface area contributed by atoms with Crippen molar-refractivity contribution in [1.29, 1.82) is 0 Å². The van der Waals surface area contributed by atoms with Gasteiger partial charge in [-0.1, -0.05) is 0 Å². The first-order valence-electron chi connectivity index (χ1n) is 8.04. The monoisotopic (exact) mass is 338 g/mol. The maximum absolute atomic E-state index is 5.96. The number of nitrogens with two attached hydrogens (primary N) is 1. The zero-order chi connectivity index (χ0) is 17.2. The molecule has 3 heterocycles. The lowest BCUT2D eigenvalue weighted by Crippen LogP contribution is -2.07. The van der Waals surface area contributed by atoms with Crippen LogP contribution in [0.1, 0.15) is 6.42 Å². The maximum Gasteiger partial charge on any atom is 0.231 e. The lowest BCUT2D eigenvalue weighted by Gasteiger charge is -2.05. The summed E-state index contributed by atoms with van der Waals surface area (Å²) in [4.78, 5) is 4.38. The van der Waals surface area contributed by atoms with Crippen LogP contribution in [0.15, 0.2) is 47.0 Å². The fourth-order valence-electron chi connectivity index (χ4n) is 2.63. The molecule has 0 aliphatic rings. The summed E-state index contributed by atoms with van der Waals surface area (Å²) in [6.07, 6.45) is 2.52. The molecule has 0 amide bonds. The SMILES string of the molecule is COc1ccc2cc(-c3cnc4ccc(OCCCN)nn34)oc2c1. The molecule has 0 aliphatic carbocycles. The van der Waals surface area contributed by atoms with Crippen molar-refractivity contribution in [2.75, 3.05) is 20.3 Å². The Kier molecular flexibility index (Phi) is 3.99. The van der Waals surface area contributed by atoms with Crippen molar-refractivity contribution >= 4 is 16.6 Å². The van der Waals surface area contributed by atoms with E-state index in [4.69, 9.17) is 19.6 Å². The molecule has 0 saturated carbocycles. The van der Waals surface area contributed by atoms with Crippen LogP contribution in [-0.4, -0.2) is 34.9 Å². The third-order valence-electron chi connectivity index (χ3n) is 3.92. The Morgan fingerprint density at radius 3 is 2.96 bits per heavy atom. The second-order valence-electron chi connectivity index (χ2n) is 5.59. The molecule has 7 heteroatoms. The normalized spacial score (nSPS) is 11.3. The number of hydrogen-bond acceptors (Lipinski definition) is 6. The van der Waals surface area contributed by atoms with Crippen molar-refractivity contribution in [3.05, 3.63) is 42.6 Å². The van der Waals surface area contributed by atoms with E-state index in [9.17, 15) is 0 Å². The summed E-state index contributed by atoms with van der Waals surface area (Å²) in [6.45, 7) is 1.12. The fraction of sp³-hybridized carbons (Fsp3) is 0.222. The third kappa shape index (κ3) is 2.89. The predicted molar refractivity (Wildman–Crippen MR) is 93.9 cm³/mol. The van der Waals surface area contributed by atoms with Gasteiger partial charge in [-0.3, -0.25) is 0 Å². The van der Waals surface area contributed by atoms with Crippen molar-refractivity contribution < 1.29 is 13.9 Å². The molecular weight excluding hydrogens is 320 g/mol. The molecule has 3 aromatic heterocycles. The van der Waals surface area contributed by atoms with E-state index in [0.29, 0.717) is 24.8 Å². The molecule has 0 unspecified atom stereocenters. The number of aromatic nitrogens is 3. The number of nitrogens with zero attached hydrogens (tertiary/aromatic N) is 3. The fourth-order valence-corrected chi connectivity index (χ4v) is 2.63. The van der Waals surface area contributed by atoms with Crippen molar-refractivity contribution in [3.63, 3.8) is 0 Å². The van der Waals surface area contributed by atoms with E-state index < -0.39 is 0 Å². The molecule has 25 heavy (non-hydrogen) atoms. The smallest absolute Gasteiger partial charge is 0.231 e. The minimum Gasteiger partial charge on any atom is -0.497 e. The van der Waals surface area contributed by atoms with Gasteiger partial charge in [-0.2, -0.15) is 0 Å². The van der Waals surface area contributed by atoms with Crippen molar-refractivity contribution in [3.8, 4) is 23.1 Å². The minimum atomic E-state index is 0.526. The average molecular weight is 338 g/mol. The van der Waals surface area contributed by atoms with Crippen LogP contribution in [0.25, 0.3) is 28.1 Å². The largest absolute Gasteiger partial charge is 0.497 e. The summed E-state index contributed by atoms with van der Waals surface area (Å²) in [5.41, 5.74) is 7.72. The first kappa shape index (κ1) is 15.5. The highest BCUT2D eigenvalue weighted by atomic mass is 16.5. The van der Waals surface area contributed by atoms with E-state index in [1.54, 1.807) is 23.9 Å². The van der Waals surface area contributed by atoms with Gasteiger partial charge in [-0.15, -0.1) is 5.10 Å². The van der Waals surface area contributed by atoms with Gasteiger partial charge in [0.15, 0.2) is 11.4 Å². The predicted octanol–water partition coefficient (Wildman–Crippen LogP) is 2.88. The zero-order valence-electron chi connectivity index (χ0n) is 13.8. The van der Waals surface area contributed by atoms with Crippen LogP contribution in [0.4, 0.5) is 0 Å². The van der Waals surface area contributed by atoms with Gasteiger partial charge in [0.2, 0.25) is 5.88 Å². The Morgan fingerprint density at radius 1 is 1.20 bits per heavy atom. The maximum atomic E-state index is 5.96. The number of imidazole rings is 1. The number of furan rings is 1. The molecule has 0 radical (unpaired) electrons. The Hall–Kier alpha value is -3.06. The summed E-state index contributed by atoms with van der Waals surface area (Å²) in [6, 6.07) is 11.3. The number of methoxy groups -OCH3 is 1. The molecule has 4 aromatic rings. The Labute approximate surface area is 144 Å². The van der Waals surface area contributed by atoms with E-state index in [0.717, 1.165) is 34.5 Å². The summed E-state index contributed by atoms with van der Waals surface area (Å²) in [5, 5.41) is 5.48. The number of hydrogen-bond donors (Lipinski definition) is 1. The molecule has 0 fully saturated rings. The van der Waals surface area contributed by atoms with Crippen LogP contribution in [0, 0.1) is 0 Å². The first-order chi connectivity index (χ1) is 12.3. The van der Waals surface area contributed by atoms with Gasteiger partial charge in [-0.05, 0) is 37.2 Å². The van der Waals surface area contributed by atoms with Gasteiger partial charge < -0.3 is 19.6 Å². The first-order valence-corrected chi connectivity index (χ1v) is 8.04. The zero-order valence-corrected chi connectivity index (χ0v) is 13.8. The molecule has 0 aliphatic heterocycles. The van der Waals surface area contributed by atoms with Crippen molar-refractivity contribution in [2.45, 2.75) is 6.42 Å². The minimum absolute atomic E-state index is 0.526. The summed E-state index contributed by atoms with van der Waals surface area (Å²) in [5.74, 6) is 1.96. The van der Waals surface area contributed by atoms with Crippen LogP contribution in [0.5, 0.6) is 11.6 Å². The second kappa shape index (κ2) is 6.45. The summed E-state index contributed by atoms with van der Waals surface area (Å²) in [7, 11) is 1.63. The van der Waals surface area contributed by atoms with Gasteiger partial charge in [0.1, 0.15) is 17.0 Å². The van der Waals surface area contributed by atoms with Gasteiger partial charge in [0.05, 0.1) is 19.9 Å². The third-order valence-corrected chi connectivity index (χ3v) is 3.92. The topological polar surface area (TPSA) is 87.8 Å². The molecule has 0 bridgehead atoms. The molecule has 0 atom stereocenters. The molecule has 0 spiro atoms. The highest BCUT2D eigenvalue weighted by Crippen LogP contribution is 2.30. The Balaban J connectivity index is 1.74. The highest BCUT2D eigenvalue weighted by molar-refractivity contribution is 5.83. The number of ether oxygens (including phenoxy) is 2. The molecule has 2 N–H and O–H groups in total. The Morgan fingerprint density at radius 2 is 2.12 bits per heavy atom. The van der Waals surface area contributed by atoms with E-state index in [1.807, 2.05) is 30.3 Å². The molecule has 128 valence electrons. The van der Waals surface area contributed by atoms with E-state index in [1.165, 1.54) is 0 Å². The number of rotatable bonds is 6. The molecular formula is C18H18N4O3. The van der Waals surface area contributed by atoms with Gasteiger partial charge in [-0.25, -0.2) is 9.50 Å². The van der Waals surface area contributed by atoms with Crippen molar-refractivity contribution in [1.82, 2.24) is 14.6 Å². The van der Waals surface area contributed by atoms with Gasteiger partial charge >= 0.3 is 0 Å². The highest BCUT2D eigenvalue weighted by Gasteiger charge is 2.13. The molecule has 7 nitrogen and oxygen atoms in total. The van der Waals surface area contributed by atoms with Crippen LogP contribution in [0.3, 0.4) is 0 Å². The van der Waals surface area contributed by atoms with Crippen LogP contribution < -0.4 is 15.2 Å².